The Bertz CT molecular complexity index is 196. The zero-order valence-electron chi connectivity index (χ0n) is 11.4. The first-order chi connectivity index (χ1) is 8.21. The summed E-state index contributed by atoms with van der Waals surface area (Å²) in [5, 5.41) is 22.3. The molecule has 0 aromatic carbocycles. The van der Waals surface area contributed by atoms with Gasteiger partial charge in [0, 0.05) is 25.2 Å². The van der Waals surface area contributed by atoms with E-state index in [0.717, 1.165) is 25.9 Å². The molecular formula is C14H29NO2. The minimum atomic E-state index is 0.0489. The summed E-state index contributed by atoms with van der Waals surface area (Å²) < 4.78 is 0. The van der Waals surface area contributed by atoms with Crippen molar-refractivity contribution in [3.8, 4) is 0 Å². The third-order valence-corrected chi connectivity index (χ3v) is 4.79. The lowest BCUT2D eigenvalue weighted by atomic mass is 9.83. The van der Waals surface area contributed by atoms with Crippen molar-refractivity contribution in [2.45, 2.75) is 46.0 Å². The Morgan fingerprint density at radius 3 is 2.29 bits per heavy atom. The van der Waals surface area contributed by atoms with Gasteiger partial charge in [-0.15, -0.1) is 0 Å². The molecule has 1 aliphatic rings. The Morgan fingerprint density at radius 2 is 1.76 bits per heavy atom. The quantitative estimate of drug-likeness (QED) is 0.609. The lowest BCUT2D eigenvalue weighted by molar-refractivity contribution is 0.109. The summed E-state index contributed by atoms with van der Waals surface area (Å²) in [6.07, 6.45) is 5.70. The summed E-state index contributed by atoms with van der Waals surface area (Å²) in [6.45, 7) is 6.78. The third-order valence-electron chi connectivity index (χ3n) is 4.79. The monoisotopic (exact) mass is 243 g/mol. The van der Waals surface area contributed by atoms with Gasteiger partial charge in [0.25, 0.3) is 0 Å². The molecule has 0 heterocycles. The van der Waals surface area contributed by atoms with Crippen molar-refractivity contribution in [1.29, 1.82) is 0 Å². The summed E-state index contributed by atoms with van der Waals surface area (Å²) in [7, 11) is 0. The van der Waals surface area contributed by atoms with Gasteiger partial charge >= 0.3 is 0 Å². The molecule has 3 nitrogen and oxygen atoms in total. The van der Waals surface area contributed by atoms with E-state index < -0.39 is 0 Å². The van der Waals surface area contributed by atoms with Gasteiger partial charge in [-0.3, -0.25) is 0 Å². The molecule has 1 fully saturated rings. The predicted molar refractivity (Wildman–Crippen MR) is 70.9 cm³/mol. The molecule has 0 aromatic heterocycles. The minimum absolute atomic E-state index is 0.0489. The van der Waals surface area contributed by atoms with E-state index >= 15 is 0 Å². The summed E-state index contributed by atoms with van der Waals surface area (Å²) in [4.78, 5) is 0. The summed E-state index contributed by atoms with van der Waals surface area (Å²) >= 11 is 0. The molecule has 17 heavy (non-hydrogen) atoms. The summed E-state index contributed by atoms with van der Waals surface area (Å²) in [5.41, 5.74) is 0.0489. The normalized spacial score (nSPS) is 25.4. The molecule has 0 radical (unpaired) electrons. The van der Waals surface area contributed by atoms with Crippen LogP contribution in [-0.2, 0) is 0 Å². The van der Waals surface area contributed by atoms with Crippen LogP contribution in [-0.4, -0.2) is 36.5 Å². The van der Waals surface area contributed by atoms with Crippen LogP contribution in [0.2, 0.25) is 0 Å². The fraction of sp³-hybridized carbons (Fsp3) is 1.00. The van der Waals surface area contributed by atoms with Crippen molar-refractivity contribution in [2.75, 3.05) is 26.3 Å². The van der Waals surface area contributed by atoms with Crippen molar-refractivity contribution < 1.29 is 10.2 Å². The maximum absolute atomic E-state index is 9.49. The average Bonchev–Trinajstić information content (AvgIpc) is 2.83. The lowest BCUT2D eigenvalue weighted by Gasteiger charge is -2.30. The van der Waals surface area contributed by atoms with Crippen LogP contribution >= 0.6 is 0 Å². The van der Waals surface area contributed by atoms with Crippen LogP contribution in [0.1, 0.15) is 46.0 Å². The van der Waals surface area contributed by atoms with Gasteiger partial charge in [-0.25, -0.2) is 0 Å². The van der Waals surface area contributed by atoms with Crippen LogP contribution < -0.4 is 5.32 Å². The number of hydrogen-bond donors (Lipinski definition) is 3. The molecular weight excluding hydrogens is 214 g/mol. The van der Waals surface area contributed by atoms with Gasteiger partial charge in [0.1, 0.15) is 0 Å². The first-order valence-electron chi connectivity index (χ1n) is 7.13. The fourth-order valence-corrected chi connectivity index (χ4v) is 2.92. The van der Waals surface area contributed by atoms with Crippen LogP contribution in [0.3, 0.4) is 0 Å². The van der Waals surface area contributed by atoms with Crippen LogP contribution in [0.4, 0.5) is 0 Å². The van der Waals surface area contributed by atoms with Gasteiger partial charge < -0.3 is 15.5 Å². The summed E-state index contributed by atoms with van der Waals surface area (Å²) in [5.74, 6) is 1.12. The number of rotatable bonds is 8. The average molecular weight is 243 g/mol. The number of nitrogens with one attached hydrogen (secondary N) is 1. The maximum atomic E-state index is 9.49. The van der Waals surface area contributed by atoms with Crippen molar-refractivity contribution in [3.05, 3.63) is 0 Å². The molecule has 102 valence electrons. The topological polar surface area (TPSA) is 52.5 Å². The molecule has 0 saturated heterocycles. The second-order valence-corrected chi connectivity index (χ2v) is 5.63. The first kappa shape index (κ1) is 14.9. The number of hydrogen-bond acceptors (Lipinski definition) is 3. The largest absolute Gasteiger partial charge is 0.396 e. The number of aliphatic hydroxyl groups is 2. The van der Waals surface area contributed by atoms with E-state index in [1.54, 1.807) is 0 Å². The van der Waals surface area contributed by atoms with Crippen molar-refractivity contribution in [1.82, 2.24) is 5.32 Å². The van der Waals surface area contributed by atoms with Crippen molar-refractivity contribution in [2.24, 2.45) is 17.3 Å². The van der Waals surface area contributed by atoms with E-state index in [1.807, 2.05) is 0 Å². The highest BCUT2D eigenvalue weighted by Gasteiger charge is 2.28. The molecule has 1 aliphatic carbocycles. The molecule has 3 N–H and O–H groups in total. The standard InChI is InChI=1S/C14H29NO2/c1-3-14(4-2,11-17)10-15-8-12-6-5-7-13(12)9-16/h12-13,15-17H,3-11H2,1-2H3. The molecule has 0 bridgehead atoms. The Balaban J connectivity index is 2.30. The predicted octanol–water partition coefficient (Wildman–Crippen LogP) is 1.78. The van der Waals surface area contributed by atoms with Crippen LogP contribution in [0.15, 0.2) is 0 Å². The molecule has 1 rings (SSSR count). The van der Waals surface area contributed by atoms with Gasteiger partial charge in [-0.2, -0.15) is 0 Å². The molecule has 0 aliphatic heterocycles. The number of aliphatic hydroxyl groups excluding tert-OH is 2. The zero-order chi connectivity index (χ0) is 12.7. The van der Waals surface area contributed by atoms with Crippen LogP contribution in [0, 0.1) is 17.3 Å². The highest BCUT2D eigenvalue weighted by atomic mass is 16.3. The molecule has 0 amide bonds. The van der Waals surface area contributed by atoms with Crippen LogP contribution in [0.5, 0.6) is 0 Å². The van der Waals surface area contributed by atoms with E-state index in [4.69, 9.17) is 0 Å². The molecule has 0 aromatic rings. The Morgan fingerprint density at radius 1 is 1.12 bits per heavy atom. The van der Waals surface area contributed by atoms with Crippen LogP contribution in [0.25, 0.3) is 0 Å². The van der Waals surface area contributed by atoms with Gasteiger partial charge in [-0.1, -0.05) is 20.3 Å². The first-order valence-corrected chi connectivity index (χ1v) is 7.13. The Labute approximate surface area is 106 Å². The molecule has 2 unspecified atom stereocenters. The van der Waals surface area contributed by atoms with E-state index in [-0.39, 0.29) is 12.0 Å². The maximum Gasteiger partial charge on any atom is 0.0499 e. The second-order valence-electron chi connectivity index (χ2n) is 5.63. The van der Waals surface area contributed by atoms with Crippen molar-refractivity contribution in [3.63, 3.8) is 0 Å². The van der Waals surface area contributed by atoms with E-state index in [0.29, 0.717) is 18.4 Å². The van der Waals surface area contributed by atoms with E-state index in [2.05, 4.69) is 19.2 Å². The van der Waals surface area contributed by atoms with E-state index in [9.17, 15) is 10.2 Å². The second kappa shape index (κ2) is 7.34. The molecule has 0 spiro atoms. The molecule has 3 heteroatoms. The van der Waals surface area contributed by atoms with Gasteiger partial charge in [0.15, 0.2) is 0 Å². The zero-order valence-corrected chi connectivity index (χ0v) is 11.4. The summed E-state index contributed by atoms with van der Waals surface area (Å²) in [6, 6.07) is 0. The SMILES string of the molecule is CCC(CC)(CO)CNCC1CCCC1CO. The molecule has 2 atom stereocenters. The smallest absolute Gasteiger partial charge is 0.0499 e. The fourth-order valence-electron chi connectivity index (χ4n) is 2.92. The minimum Gasteiger partial charge on any atom is -0.396 e. The van der Waals surface area contributed by atoms with Gasteiger partial charge in [0.05, 0.1) is 0 Å². The highest BCUT2D eigenvalue weighted by Crippen LogP contribution is 2.31. The molecule has 1 saturated carbocycles. The Kier molecular flexibility index (Phi) is 6.45. The van der Waals surface area contributed by atoms with Gasteiger partial charge in [-0.05, 0) is 44.1 Å². The lowest BCUT2D eigenvalue weighted by Crippen LogP contribution is -2.39. The van der Waals surface area contributed by atoms with Gasteiger partial charge in [0.2, 0.25) is 0 Å². The third kappa shape index (κ3) is 3.94. The van der Waals surface area contributed by atoms with Crippen molar-refractivity contribution >= 4 is 0 Å². The highest BCUT2D eigenvalue weighted by molar-refractivity contribution is 4.82. The van der Waals surface area contributed by atoms with E-state index in [1.165, 1.54) is 19.3 Å². The Hall–Kier alpha value is -0.120.